The van der Waals surface area contributed by atoms with Gasteiger partial charge < -0.3 is 15.2 Å². The van der Waals surface area contributed by atoms with Crippen LogP contribution in [-0.2, 0) is 36.1 Å². The van der Waals surface area contributed by atoms with Crippen molar-refractivity contribution in [3.63, 3.8) is 0 Å². The van der Waals surface area contributed by atoms with Crippen molar-refractivity contribution in [3.8, 4) is 0 Å². The highest BCUT2D eigenvalue weighted by Gasteiger charge is 2.27. The van der Waals surface area contributed by atoms with Crippen LogP contribution < -0.4 is 10.6 Å². The van der Waals surface area contributed by atoms with Crippen LogP contribution in [0.3, 0.4) is 0 Å². The lowest BCUT2D eigenvalue weighted by molar-refractivity contribution is -0.139. The van der Waals surface area contributed by atoms with Crippen molar-refractivity contribution in [2.75, 3.05) is 13.1 Å². The second-order valence-electron chi connectivity index (χ2n) is 8.07. The van der Waals surface area contributed by atoms with Crippen molar-refractivity contribution in [2.24, 2.45) is 7.05 Å². The molecule has 1 atom stereocenters. The zero-order valence-corrected chi connectivity index (χ0v) is 18.8. The minimum absolute atomic E-state index is 0.0311. The summed E-state index contributed by atoms with van der Waals surface area (Å²) in [7, 11) is 2.00. The largest absolute Gasteiger partial charge is 0.353 e. The highest BCUT2D eigenvalue weighted by atomic mass is 35.5. The van der Waals surface area contributed by atoms with E-state index in [1.807, 2.05) is 31.4 Å². The maximum absolute atomic E-state index is 12.5. The summed E-state index contributed by atoms with van der Waals surface area (Å²) in [5.74, 6) is -1.27. The smallest absolute Gasteiger partial charge is 0.309 e. The Kier molecular flexibility index (Phi) is 6.93. The van der Waals surface area contributed by atoms with Gasteiger partial charge in [0.05, 0.1) is 6.04 Å². The molecule has 1 aliphatic rings. The van der Waals surface area contributed by atoms with Crippen molar-refractivity contribution in [3.05, 3.63) is 94.3 Å². The van der Waals surface area contributed by atoms with Crippen molar-refractivity contribution >= 4 is 23.4 Å². The molecule has 0 aliphatic carbocycles. The predicted octanol–water partition coefficient (Wildman–Crippen LogP) is 3.21. The van der Waals surface area contributed by atoms with E-state index in [2.05, 4.69) is 50.4 Å². The van der Waals surface area contributed by atoms with Crippen LogP contribution in [0, 0.1) is 0 Å². The van der Waals surface area contributed by atoms with Gasteiger partial charge in [-0.1, -0.05) is 48.0 Å². The van der Waals surface area contributed by atoms with Crippen LogP contribution in [0.4, 0.5) is 0 Å². The Morgan fingerprint density at radius 1 is 0.969 bits per heavy atom. The molecule has 166 valence electrons. The minimum atomic E-state index is -0.644. The first kappa shape index (κ1) is 22.1. The molecule has 1 aliphatic heterocycles. The molecular formula is C25H27ClN4O2. The predicted molar refractivity (Wildman–Crippen MR) is 125 cm³/mol. The number of fused-ring (bicyclic) bond motifs is 1. The summed E-state index contributed by atoms with van der Waals surface area (Å²) in [6.07, 6.45) is 2.97. The van der Waals surface area contributed by atoms with E-state index in [1.54, 1.807) is 12.1 Å². The average Bonchev–Trinajstić information content (AvgIpc) is 3.24. The average molecular weight is 451 g/mol. The van der Waals surface area contributed by atoms with Gasteiger partial charge in [-0.15, -0.1) is 0 Å². The number of amides is 2. The van der Waals surface area contributed by atoms with Gasteiger partial charge in [0.15, 0.2) is 0 Å². The van der Waals surface area contributed by atoms with E-state index < -0.39 is 11.8 Å². The molecule has 2 aromatic carbocycles. The Morgan fingerprint density at radius 3 is 2.41 bits per heavy atom. The third-order valence-corrected chi connectivity index (χ3v) is 6.21. The minimum Gasteiger partial charge on any atom is -0.353 e. The summed E-state index contributed by atoms with van der Waals surface area (Å²) in [5.41, 5.74) is 4.67. The van der Waals surface area contributed by atoms with Crippen LogP contribution in [0.5, 0.6) is 0 Å². The number of rotatable bonds is 6. The number of nitrogens with zero attached hydrogens (tertiary/aromatic N) is 2. The van der Waals surface area contributed by atoms with Gasteiger partial charge in [0, 0.05) is 50.1 Å². The number of carbonyl (C=O) groups excluding carboxylic acids is 2. The summed E-state index contributed by atoms with van der Waals surface area (Å²) in [6.45, 7) is 2.33. The molecule has 3 aromatic rings. The molecule has 0 bridgehead atoms. The monoisotopic (exact) mass is 450 g/mol. The Balaban J connectivity index is 1.39. The van der Waals surface area contributed by atoms with E-state index in [0.29, 0.717) is 11.6 Å². The van der Waals surface area contributed by atoms with Gasteiger partial charge >= 0.3 is 11.8 Å². The summed E-state index contributed by atoms with van der Waals surface area (Å²) >= 11 is 5.88. The number of nitrogens with one attached hydrogen (secondary N) is 2. The molecule has 32 heavy (non-hydrogen) atoms. The summed E-state index contributed by atoms with van der Waals surface area (Å²) in [5, 5.41) is 6.13. The highest BCUT2D eigenvalue weighted by Crippen LogP contribution is 2.27. The molecule has 0 saturated heterocycles. The first-order valence-electron chi connectivity index (χ1n) is 10.7. The molecule has 2 N–H and O–H groups in total. The molecule has 1 unspecified atom stereocenters. The van der Waals surface area contributed by atoms with E-state index in [-0.39, 0.29) is 12.6 Å². The van der Waals surface area contributed by atoms with Crippen LogP contribution >= 0.6 is 11.6 Å². The second kappa shape index (κ2) is 10.0. The first-order valence-corrected chi connectivity index (χ1v) is 11.1. The molecule has 2 heterocycles. The van der Waals surface area contributed by atoms with Crippen LogP contribution in [0.1, 0.15) is 28.4 Å². The van der Waals surface area contributed by atoms with Gasteiger partial charge in [-0.25, -0.2) is 0 Å². The van der Waals surface area contributed by atoms with E-state index in [1.165, 1.54) is 11.1 Å². The number of carbonyl (C=O) groups is 2. The Bertz CT molecular complexity index is 1090. The van der Waals surface area contributed by atoms with E-state index in [0.717, 1.165) is 30.8 Å². The van der Waals surface area contributed by atoms with Crippen LogP contribution in [-0.4, -0.2) is 34.4 Å². The molecule has 2 amide bonds. The molecule has 0 fully saturated rings. The highest BCUT2D eigenvalue weighted by molar-refractivity contribution is 6.35. The molecule has 0 radical (unpaired) electrons. The maximum Gasteiger partial charge on any atom is 0.309 e. The van der Waals surface area contributed by atoms with Crippen LogP contribution in [0.15, 0.2) is 66.9 Å². The normalized spacial score (nSPS) is 14.4. The molecule has 7 heteroatoms. The van der Waals surface area contributed by atoms with E-state index in [9.17, 15) is 9.59 Å². The van der Waals surface area contributed by atoms with Crippen molar-refractivity contribution in [1.82, 2.24) is 20.1 Å². The third-order valence-electron chi connectivity index (χ3n) is 5.95. The third kappa shape index (κ3) is 5.21. The Morgan fingerprint density at radius 2 is 1.69 bits per heavy atom. The van der Waals surface area contributed by atoms with Crippen molar-refractivity contribution < 1.29 is 9.59 Å². The first-order chi connectivity index (χ1) is 15.5. The summed E-state index contributed by atoms with van der Waals surface area (Å²) < 4.78 is 2.07. The van der Waals surface area contributed by atoms with Gasteiger partial charge in [-0.2, -0.15) is 0 Å². The summed E-state index contributed by atoms with van der Waals surface area (Å²) in [4.78, 5) is 27.2. The lowest BCUT2D eigenvalue weighted by atomic mass is 9.98. The van der Waals surface area contributed by atoms with Gasteiger partial charge in [0.1, 0.15) is 0 Å². The van der Waals surface area contributed by atoms with Gasteiger partial charge in [0.25, 0.3) is 0 Å². The number of benzene rings is 2. The molecule has 0 saturated carbocycles. The number of aryl methyl sites for hydroxylation is 1. The number of hydrogen-bond acceptors (Lipinski definition) is 3. The molecule has 0 spiro atoms. The second-order valence-corrected chi connectivity index (χ2v) is 8.50. The van der Waals surface area contributed by atoms with Crippen LogP contribution in [0.25, 0.3) is 0 Å². The molecule has 6 nitrogen and oxygen atoms in total. The standard InChI is InChI=1S/C25H27ClN4O2/c1-29-13-4-7-22(29)23(30-14-12-19-5-2-3-6-20(19)17-30)16-28-25(32)24(31)27-15-18-8-10-21(26)11-9-18/h2-11,13,23H,12,14-17H2,1H3,(H,27,31)(H,28,32). The van der Waals surface area contributed by atoms with Crippen LogP contribution in [0.2, 0.25) is 5.02 Å². The fourth-order valence-electron chi connectivity index (χ4n) is 4.16. The lowest BCUT2D eigenvalue weighted by Gasteiger charge is -2.36. The van der Waals surface area contributed by atoms with Crippen molar-refractivity contribution in [1.29, 1.82) is 0 Å². The fourth-order valence-corrected chi connectivity index (χ4v) is 4.29. The lowest BCUT2D eigenvalue weighted by Crippen LogP contribution is -2.45. The topological polar surface area (TPSA) is 66.4 Å². The van der Waals surface area contributed by atoms with Gasteiger partial charge in [-0.3, -0.25) is 14.5 Å². The zero-order chi connectivity index (χ0) is 22.5. The molecule has 4 rings (SSSR count). The Hall–Kier alpha value is -3.09. The SMILES string of the molecule is Cn1cccc1C(CNC(=O)C(=O)NCc1ccc(Cl)cc1)N1CCc2ccccc2C1. The summed E-state index contributed by atoms with van der Waals surface area (Å²) in [6, 6.07) is 19.7. The number of hydrogen-bond donors (Lipinski definition) is 2. The quantitative estimate of drug-likeness (QED) is 0.567. The van der Waals surface area contributed by atoms with Crippen molar-refractivity contribution in [2.45, 2.75) is 25.6 Å². The zero-order valence-electron chi connectivity index (χ0n) is 18.1. The molecule has 1 aromatic heterocycles. The number of aromatic nitrogens is 1. The van der Waals surface area contributed by atoms with Gasteiger partial charge in [0.2, 0.25) is 0 Å². The maximum atomic E-state index is 12.5. The molecular weight excluding hydrogens is 424 g/mol. The fraction of sp³-hybridized carbons (Fsp3) is 0.280. The van der Waals surface area contributed by atoms with E-state index >= 15 is 0 Å². The Labute approximate surface area is 193 Å². The van der Waals surface area contributed by atoms with E-state index in [4.69, 9.17) is 11.6 Å². The number of halogens is 1. The van der Waals surface area contributed by atoms with Gasteiger partial charge in [-0.05, 0) is 47.4 Å².